The van der Waals surface area contributed by atoms with E-state index < -0.39 is 0 Å². The van der Waals surface area contributed by atoms with Crippen molar-refractivity contribution in [2.75, 3.05) is 42.9 Å². The molecule has 1 aliphatic heterocycles. The second-order valence-electron chi connectivity index (χ2n) is 6.40. The van der Waals surface area contributed by atoms with Gasteiger partial charge in [-0.3, -0.25) is 9.69 Å². The highest BCUT2D eigenvalue weighted by Crippen LogP contribution is 2.21. The number of nitrogens with zero attached hydrogens (tertiary/aromatic N) is 7. The quantitative estimate of drug-likeness (QED) is 0.719. The Kier molecular flexibility index (Phi) is 4.87. The number of halogens is 1. The third-order valence-electron chi connectivity index (χ3n) is 4.54. The fourth-order valence-corrected chi connectivity index (χ4v) is 3.25. The lowest BCUT2D eigenvalue weighted by molar-refractivity contribution is -0.117. The molecule has 4 rings (SSSR count). The first kappa shape index (κ1) is 17.6. The number of anilines is 2. The van der Waals surface area contributed by atoms with Crippen molar-refractivity contribution >= 4 is 40.2 Å². The molecule has 2 aromatic heterocycles. The number of amides is 1. The molecule has 0 radical (unpaired) electrons. The van der Waals surface area contributed by atoms with E-state index in [-0.39, 0.29) is 5.91 Å². The second-order valence-corrected chi connectivity index (χ2v) is 6.84. The van der Waals surface area contributed by atoms with E-state index in [4.69, 9.17) is 11.6 Å². The van der Waals surface area contributed by atoms with Gasteiger partial charge in [0, 0.05) is 43.9 Å². The van der Waals surface area contributed by atoms with Crippen molar-refractivity contribution in [2.45, 2.75) is 0 Å². The van der Waals surface area contributed by atoms with Crippen molar-refractivity contribution < 1.29 is 4.79 Å². The number of benzene rings is 1. The number of aromatic nitrogens is 5. The van der Waals surface area contributed by atoms with Crippen LogP contribution >= 0.6 is 11.6 Å². The van der Waals surface area contributed by atoms with Crippen LogP contribution in [0.1, 0.15) is 0 Å². The molecule has 0 spiro atoms. The average Bonchev–Trinajstić information content (AvgIpc) is 3.06. The number of rotatable bonds is 4. The summed E-state index contributed by atoms with van der Waals surface area (Å²) in [5.41, 5.74) is 2.16. The molecule has 1 amide bonds. The van der Waals surface area contributed by atoms with Gasteiger partial charge in [0.2, 0.25) is 5.91 Å². The first-order chi connectivity index (χ1) is 13.1. The third kappa shape index (κ3) is 3.83. The summed E-state index contributed by atoms with van der Waals surface area (Å²) in [6.45, 7) is 3.40. The van der Waals surface area contributed by atoms with Crippen LogP contribution in [0.4, 0.5) is 11.5 Å². The minimum Gasteiger partial charge on any atom is -0.352 e. The molecule has 0 saturated carbocycles. The fraction of sp³-hybridized carbons (Fsp3) is 0.353. The molecule has 0 atom stereocenters. The van der Waals surface area contributed by atoms with Gasteiger partial charge in [-0.2, -0.15) is 0 Å². The number of hydrogen-bond acceptors (Lipinski definition) is 7. The van der Waals surface area contributed by atoms with Gasteiger partial charge in [-0.05, 0) is 24.3 Å². The van der Waals surface area contributed by atoms with Crippen LogP contribution in [0.15, 0.2) is 30.6 Å². The van der Waals surface area contributed by atoms with Crippen LogP contribution in [0.25, 0.3) is 11.2 Å². The minimum absolute atomic E-state index is 0.0378. The van der Waals surface area contributed by atoms with Crippen molar-refractivity contribution in [3.8, 4) is 0 Å². The maximum absolute atomic E-state index is 12.3. The number of nitrogens with one attached hydrogen (secondary N) is 1. The number of aryl methyl sites for hydroxylation is 1. The maximum atomic E-state index is 12.3. The summed E-state index contributed by atoms with van der Waals surface area (Å²) in [5, 5.41) is 11.7. The molecular formula is C17H19ClN8O. The smallest absolute Gasteiger partial charge is 0.238 e. The van der Waals surface area contributed by atoms with Crippen molar-refractivity contribution in [1.82, 2.24) is 29.9 Å². The normalized spacial score (nSPS) is 15.3. The van der Waals surface area contributed by atoms with Crippen LogP contribution < -0.4 is 10.2 Å². The van der Waals surface area contributed by atoms with E-state index in [9.17, 15) is 4.79 Å². The highest BCUT2D eigenvalue weighted by atomic mass is 35.5. The first-order valence-corrected chi connectivity index (χ1v) is 9.01. The molecule has 0 bridgehead atoms. The molecule has 1 N–H and O–H groups in total. The Morgan fingerprint density at radius 1 is 1.15 bits per heavy atom. The largest absolute Gasteiger partial charge is 0.352 e. The number of fused-ring (bicyclic) bond motifs is 1. The number of carbonyl (C=O) groups is 1. The molecule has 0 aliphatic carbocycles. The van der Waals surface area contributed by atoms with Gasteiger partial charge in [0.05, 0.1) is 6.54 Å². The van der Waals surface area contributed by atoms with Crippen LogP contribution in [0.2, 0.25) is 5.02 Å². The molecule has 1 aromatic carbocycles. The van der Waals surface area contributed by atoms with Crippen LogP contribution in [0.3, 0.4) is 0 Å². The number of hydrogen-bond donors (Lipinski definition) is 1. The van der Waals surface area contributed by atoms with Gasteiger partial charge in [-0.25, -0.2) is 14.6 Å². The summed E-state index contributed by atoms with van der Waals surface area (Å²) in [6.07, 6.45) is 1.53. The van der Waals surface area contributed by atoms with Crippen molar-refractivity contribution in [3.05, 3.63) is 35.6 Å². The van der Waals surface area contributed by atoms with E-state index in [2.05, 4.69) is 35.4 Å². The Hall–Kier alpha value is -2.78. The second kappa shape index (κ2) is 7.45. The van der Waals surface area contributed by atoms with Crippen LogP contribution in [-0.4, -0.2) is 68.5 Å². The highest BCUT2D eigenvalue weighted by Gasteiger charge is 2.23. The van der Waals surface area contributed by atoms with Gasteiger partial charge < -0.3 is 10.2 Å². The van der Waals surface area contributed by atoms with Crippen LogP contribution in [0.5, 0.6) is 0 Å². The predicted octanol–water partition coefficient (Wildman–Crippen LogP) is 1.17. The van der Waals surface area contributed by atoms with Crippen molar-refractivity contribution in [1.29, 1.82) is 0 Å². The lowest BCUT2D eigenvalue weighted by Crippen LogP contribution is -2.49. The molecule has 10 heteroatoms. The Balaban J connectivity index is 1.34. The van der Waals surface area contributed by atoms with E-state index in [1.807, 2.05) is 7.05 Å². The molecule has 1 saturated heterocycles. The molecule has 140 valence electrons. The topological polar surface area (TPSA) is 92.1 Å². The van der Waals surface area contributed by atoms with Crippen LogP contribution in [-0.2, 0) is 11.8 Å². The average molecular weight is 387 g/mol. The van der Waals surface area contributed by atoms with Gasteiger partial charge >= 0.3 is 0 Å². The summed E-state index contributed by atoms with van der Waals surface area (Å²) in [6, 6.07) is 7.09. The minimum atomic E-state index is -0.0378. The van der Waals surface area contributed by atoms with Gasteiger partial charge in [-0.15, -0.1) is 5.10 Å². The zero-order valence-corrected chi connectivity index (χ0v) is 15.6. The van der Waals surface area contributed by atoms with E-state index in [1.165, 1.54) is 6.33 Å². The van der Waals surface area contributed by atoms with E-state index in [0.717, 1.165) is 37.7 Å². The Bertz CT molecular complexity index is 949. The molecule has 0 unspecified atom stereocenters. The molecule has 27 heavy (non-hydrogen) atoms. The first-order valence-electron chi connectivity index (χ1n) is 8.63. The molecule has 1 fully saturated rings. The van der Waals surface area contributed by atoms with E-state index >= 15 is 0 Å². The number of piperazine rings is 1. The summed E-state index contributed by atoms with van der Waals surface area (Å²) in [5.74, 6) is 0.752. The summed E-state index contributed by atoms with van der Waals surface area (Å²) in [4.78, 5) is 25.1. The van der Waals surface area contributed by atoms with E-state index in [1.54, 1.807) is 28.9 Å². The molecule has 3 aromatic rings. The van der Waals surface area contributed by atoms with E-state index in [0.29, 0.717) is 22.7 Å². The lowest BCUT2D eigenvalue weighted by atomic mass is 10.3. The maximum Gasteiger partial charge on any atom is 0.238 e. The van der Waals surface area contributed by atoms with Crippen LogP contribution in [0, 0.1) is 0 Å². The highest BCUT2D eigenvalue weighted by molar-refractivity contribution is 6.30. The monoisotopic (exact) mass is 386 g/mol. The summed E-state index contributed by atoms with van der Waals surface area (Å²) in [7, 11) is 1.81. The zero-order valence-electron chi connectivity index (χ0n) is 14.8. The summed E-state index contributed by atoms with van der Waals surface area (Å²) >= 11 is 5.86. The SMILES string of the molecule is Cn1nnc2c(N3CCN(CC(=O)Nc4ccc(Cl)cc4)CC3)ncnc21. The van der Waals surface area contributed by atoms with Crippen molar-refractivity contribution in [2.24, 2.45) is 7.05 Å². The van der Waals surface area contributed by atoms with Gasteiger partial charge in [0.15, 0.2) is 17.0 Å². The Morgan fingerprint density at radius 2 is 1.89 bits per heavy atom. The standard InChI is InChI=1S/C17H19ClN8O/c1-24-16-15(22-23-24)17(20-11-19-16)26-8-6-25(7-9-26)10-14(27)21-13-4-2-12(18)3-5-13/h2-5,11H,6-10H2,1H3,(H,21,27). The lowest BCUT2D eigenvalue weighted by Gasteiger charge is -2.34. The molecule has 3 heterocycles. The van der Waals surface area contributed by atoms with Crippen molar-refractivity contribution in [3.63, 3.8) is 0 Å². The fourth-order valence-electron chi connectivity index (χ4n) is 3.13. The number of carbonyl (C=O) groups excluding carboxylic acids is 1. The molecular weight excluding hydrogens is 368 g/mol. The van der Waals surface area contributed by atoms with Gasteiger partial charge in [-0.1, -0.05) is 16.8 Å². The van der Waals surface area contributed by atoms with Gasteiger partial charge in [0.25, 0.3) is 0 Å². The predicted molar refractivity (Wildman–Crippen MR) is 103 cm³/mol. The Labute approximate surface area is 160 Å². The third-order valence-corrected chi connectivity index (χ3v) is 4.79. The summed E-state index contributed by atoms with van der Waals surface area (Å²) < 4.78 is 1.64. The van der Waals surface area contributed by atoms with Gasteiger partial charge in [0.1, 0.15) is 6.33 Å². The Morgan fingerprint density at radius 3 is 2.63 bits per heavy atom. The molecule has 1 aliphatic rings. The zero-order chi connectivity index (χ0) is 18.8. The molecule has 9 nitrogen and oxygen atoms in total.